The molecule has 1 aliphatic heterocycles. The summed E-state index contributed by atoms with van der Waals surface area (Å²) >= 11 is 0.948. The van der Waals surface area contributed by atoms with E-state index in [0.29, 0.717) is 5.69 Å². The number of amides is 2. The van der Waals surface area contributed by atoms with E-state index in [4.69, 9.17) is 4.74 Å². The molecule has 42 heavy (non-hydrogen) atoms. The zero-order valence-corrected chi connectivity index (χ0v) is 22.4. The molecule has 1 unspecified atom stereocenters. The summed E-state index contributed by atoms with van der Waals surface area (Å²) in [5, 5.41) is 8.31. The molecule has 0 spiro atoms. The van der Waals surface area contributed by atoms with Gasteiger partial charge in [-0.3, -0.25) is 14.4 Å². The highest BCUT2D eigenvalue weighted by atomic mass is 32.1. The Labute approximate surface area is 238 Å². The number of carbonyl (C=O) groups is 3. The maximum absolute atomic E-state index is 13.6. The van der Waals surface area contributed by atoms with E-state index >= 15 is 0 Å². The van der Waals surface area contributed by atoms with Crippen LogP contribution >= 0.6 is 11.3 Å². The van der Waals surface area contributed by atoms with Crippen LogP contribution in [0.2, 0.25) is 0 Å². The number of halogens is 4. The zero-order chi connectivity index (χ0) is 30.2. The third-order valence-electron chi connectivity index (χ3n) is 6.31. The van der Waals surface area contributed by atoms with Crippen LogP contribution in [0.4, 0.5) is 28.3 Å². The van der Waals surface area contributed by atoms with Crippen LogP contribution in [-0.4, -0.2) is 47.1 Å². The van der Waals surface area contributed by atoms with Crippen molar-refractivity contribution in [1.29, 1.82) is 0 Å². The van der Waals surface area contributed by atoms with Gasteiger partial charge in [0.25, 0.3) is 5.56 Å². The molecular formula is C27H20F4N4O6S. The molecule has 0 aliphatic carbocycles. The Morgan fingerprint density at radius 2 is 1.74 bits per heavy atom. The van der Waals surface area contributed by atoms with Gasteiger partial charge in [0.15, 0.2) is 5.69 Å². The lowest BCUT2D eigenvalue weighted by molar-refractivity contribution is -0.274. The fraction of sp³-hybridized carbons (Fsp3) is 0.222. The number of hydrogen-bond acceptors (Lipinski definition) is 8. The number of nitrogens with zero attached hydrogens (tertiary/aromatic N) is 3. The smallest absolute Gasteiger partial charge is 0.461 e. The molecule has 0 radical (unpaired) electrons. The second kappa shape index (κ2) is 11.2. The second-order valence-electron chi connectivity index (χ2n) is 9.05. The number of esters is 1. The number of thiophene rings is 1. The minimum atomic E-state index is -4.92. The van der Waals surface area contributed by atoms with Crippen LogP contribution in [0.25, 0.3) is 16.5 Å². The minimum Gasteiger partial charge on any atom is -0.461 e. The number of alkyl halides is 3. The van der Waals surface area contributed by atoms with Crippen molar-refractivity contribution in [2.24, 2.45) is 5.92 Å². The summed E-state index contributed by atoms with van der Waals surface area (Å²) in [4.78, 5) is 53.5. The number of hydrogen-bond donors (Lipinski definition) is 1. The maximum Gasteiger partial charge on any atom is 0.573 e. The van der Waals surface area contributed by atoms with Crippen molar-refractivity contribution in [2.45, 2.75) is 19.7 Å². The van der Waals surface area contributed by atoms with Gasteiger partial charge in [-0.1, -0.05) is 0 Å². The topological polar surface area (TPSA) is 120 Å². The minimum absolute atomic E-state index is 0.00138. The molecule has 1 N–H and O–H groups in total. The molecule has 15 heteroatoms. The number of anilines is 2. The van der Waals surface area contributed by atoms with Gasteiger partial charge in [0.1, 0.15) is 16.6 Å². The molecule has 1 atom stereocenters. The van der Waals surface area contributed by atoms with Crippen LogP contribution < -0.4 is 20.5 Å². The maximum atomic E-state index is 13.6. The molecule has 1 saturated heterocycles. The van der Waals surface area contributed by atoms with Gasteiger partial charge in [-0.25, -0.2) is 9.18 Å². The number of nitrogens with one attached hydrogen (secondary N) is 1. The molecule has 1 fully saturated rings. The van der Waals surface area contributed by atoms with E-state index in [1.165, 1.54) is 34.5 Å². The highest BCUT2D eigenvalue weighted by Crippen LogP contribution is 2.33. The molecule has 4 aromatic rings. The molecule has 1 aliphatic rings. The summed E-state index contributed by atoms with van der Waals surface area (Å²) in [6.45, 7) is 1.59. The standard InChI is InChI=1S/C27H20F4N4O6S/c1-2-40-26(39)22-19-13-42-24(32-23(37)14-11-20(36)34(12-14)16-5-3-15(28)4-6-16)21(19)25(38)35(33-22)17-7-9-18(10-8-17)41-27(29,30)31/h3-10,13-14H,2,11-12H2,1H3,(H,32,37). The Bertz CT molecular complexity index is 1740. The lowest BCUT2D eigenvalue weighted by atomic mass is 10.1. The van der Waals surface area contributed by atoms with Crippen LogP contribution in [0.15, 0.2) is 58.7 Å². The third-order valence-corrected chi connectivity index (χ3v) is 7.20. The fourth-order valence-corrected chi connectivity index (χ4v) is 5.36. The molecule has 2 aromatic heterocycles. The Kier molecular flexibility index (Phi) is 7.69. The average Bonchev–Trinajstić information content (AvgIpc) is 3.53. The van der Waals surface area contributed by atoms with Crippen LogP contribution in [-0.2, 0) is 14.3 Å². The summed E-state index contributed by atoms with van der Waals surface area (Å²) in [5.74, 6) is -3.57. The van der Waals surface area contributed by atoms with Gasteiger partial charge in [-0.05, 0) is 55.5 Å². The molecule has 10 nitrogen and oxygen atoms in total. The highest BCUT2D eigenvalue weighted by molar-refractivity contribution is 7.16. The van der Waals surface area contributed by atoms with Crippen molar-refractivity contribution in [1.82, 2.24) is 9.78 Å². The lowest BCUT2D eigenvalue weighted by Gasteiger charge is -2.16. The number of carbonyl (C=O) groups excluding carboxylic acids is 3. The zero-order valence-electron chi connectivity index (χ0n) is 21.6. The Morgan fingerprint density at radius 1 is 1.07 bits per heavy atom. The molecule has 3 heterocycles. The van der Waals surface area contributed by atoms with Gasteiger partial charge >= 0.3 is 12.3 Å². The monoisotopic (exact) mass is 604 g/mol. The first kappa shape index (κ1) is 28.7. The Morgan fingerprint density at radius 3 is 2.38 bits per heavy atom. The van der Waals surface area contributed by atoms with E-state index in [1.54, 1.807) is 6.92 Å². The molecule has 218 valence electrons. The molecule has 0 saturated carbocycles. The van der Waals surface area contributed by atoms with Crippen molar-refractivity contribution in [3.63, 3.8) is 0 Å². The molecular weight excluding hydrogens is 584 g/mol. The number of ether oxygens (including phenoxy) is 2. The summed E-state index contributed by atoms with van der Waals surface area (Å²) in [6, 6.07) is 9.50. The van der Waals surface area contributed by atoms with Crippen molar-refractivity contribution < 1.29 is 41.4 Å². The Hall–Kier alpha value is -4.79. The van der Waals surface area contributed by atoms with Gasteiger partial charge in [0.05, 0.1) is 23.6 Å². The highest BCUT2D eigenvalue weighted by Gasteiger charge is 2.36. The number of fused-ring (bicyclic) bond motifs is 1. The molecule has 0 bridgehead atoms. The third kappa shape index (κ3) is 5.81. The van der Waals surface area contributed by atoms with E-state index in [-0.39, 0.29) is 52.6 Å². The van der Waals surface area contributed by atoms with Gasteiger partial charge in [0.2, 0.25) is 11.8 Å². The largest absolute Gasteiger partial charge is 0.573 e. The van der Waals surface area contributed by atoms with Crippen LogP contribution in [0.3, 0.4) is 0 Å². The second-order valence-corrected chi connectivity index (χ2v) is 9.93. The average molecular weight is 605 g/mol. The first-order valence-corrected chi connectivity index (χ1v) is 13.3. The van der Waals surface area contributed by atoms with Crippen molar-refractivity contribution in [3.8, 4) is 11.4 Å². The molecule has 2 amide bonds. The molecule has 5 rings (SSSR count). The van der Waals surface area contributed by atoms with Crippen LogP contribution in [0.1, 0.15) is 23.8 Å². The van der Waals surface area contributed by atoms with Crippen molar-refractivity contribution >= 4 is 50.6 Å². The lowest BCUT2D eigenvalue weighted by Crippen LogP contribution is -2.29. The van der Waals surface area contributed by atoms with E-state index in [9.17, 15) is 36.7 Å². The number of aromatic nitrogens is 2. The quantitative estimate of drug-likeness (QED) is 0.241. The molecule has 2 aromatic carbocycles. The van der Waals surface area contributed by atoms with Gasteiger partial charge in [-0.15, -0.1) is 24.5 Å². The SMILES string of the molecule is CCOC(=O)c1nn(-c2ccc(OC(F)(F)F)cc2)c(=O)c2c(NC(=O)C3CC(=O)N(c4ccc(F)cc4)C3)scc12. The summed E-state index contributed by atoms with van der Waals surface area (Å²) < 4.78 is 60.8. The van der Waals surface area contributed by atoms with Crippen molar-refractivity contribution in [2.75, 3.05) is 23.4 Å². The first-order chi connectivity index (χ1) is 19.9. The Balaban J connectivity index is 1.48. The van der Waals surface area contributed by atoms with E-state index in [0.717, 1.165) is 40.3 Å². The van der Waals surface area contributed by atoms with Gasteiger partial charge in [0, 0.05) is 29.4 Å². The summed E-state index contributed by atoms with van der Waals surface area (Å²) in [5.41, 5.74) is -0.577. The summed E-state index contributed by atoms with van der Waals surface area (Å²) in [6.07, 6.45) is -5.05. The predicted octanol–water partition coefficient (Wildman–Crippen LogP) is 4.65. The van der Waals surface area contributed by atoms with Crippen molar-refractivity contribution in [3.05, 3.63) is 75.8 Å². The van der Waals surface area contributed by atoms with Gasteiger partial charge in [-0.2, -0.15) is 9.78 Å². The summed E-state index contributed by atoms with van der Waals surface area (Å²) in [7, 11) is 0. The van der Waals surface area contributed by atoms with Gasteiger partial charge < -0.3 is 19.7 Å². The fourth-order valence-electron chi connectivity index (χ4n) is 4.42. The normalized spacial score (nSPS) is 15.2. The van der Waals surface area contributed by atoms with Crippen LogP contribution in [0, 0.1) is 11.7 Å². The predicted molar refractivity (Wildman–Crippen MR) is 143 cm³/mol. The first-order valence-electron chi connectivity index (χ1n) is 12.4. The van der Waals surface area contributed by atoms with Crippen LogP contribution in [0.5, 0.6) is 5.75 Å². The number of rotatable bonds is 7. The van der Waals surface area contributed by atoms with E-state index in [1.807, 2.05) is 0 Å². The number of benzene rings is 2. The van der Waals surface area contributed by atoms with E-state index < -0.39 is 41.3 Å². The van der Waals surface area contributed by atoms with E-state index in [2.05, 4.69) is 15.2 Å².